The first-order valence-corrected chi connectivity index (χ1v) is 11.0. The van der Waals surface area contributed by atoms with Crippen molar-refractivity contribution in [2.75, 3.05) is 11.9 Å². The highest BCUT2D eigenvalue weighted by Crippen LogP contribution is 2.40. The summed E-state index contributed by atoms with van der Waals surface area (Å²) in [5, 5.41) is 0.209. The fourth-order valence-corrected chi connectivity index (χ4v) is 4.80. The normalized spacial score (nSPS) is 19.2. The second-order valence-electron chi connectivity index (χ2n) is 8.33. The summed E-state index contributed by atoms with van der Waals surface area (Å²) in [5.41, 5.74) is 3.61. The molecule has 0 unspecified atom stereocenters. The van der Waals surface area contributed by atoms with E-state index in [9.17, 15) is 14.0 Å². The van der Waals surface area contributed by atoms with Crippen molar-refractivity contribution in [3.05, 3.63) is 74.9 Å². The lowest BCUT2D eigenvalue weighted by Crippen LogP contribution is -2.42. The smallest absolute Gasteiger partial charge is 0.293 e. The van der Waals surface area contributed by atoms with Gasteiger partial charge in [-0.25, -0.2) is 4.39 Å². The quantitative estimate of drug-likeness (QED) is 0.505. The van der Waals surface area contributed by atoms with Crippen LogP contribution >= 0.6 is 23.4 Å². The molecule has 2 amide bonds. The number of likely N-dealkylation sites (N-methyl/N-ethyl adjacent to an activating group) is 1. The highest BCUT2D eigenvalue weighted by atomic mass is 35.5. The van der Waals surface area contributed by atoms with Gasteiger partial charge in [0.15, 0.2) is 0 Å². The molecular formula is C24H22ClFN2O2S. The lowest BCUT2D eigenvalue weighted by Gasteiger charge is -2.40. The van der Waals surface area contributed by atoms with Crippen molar-refractivity contribution in [1.29, 1.82) is 0 Å². The first-order chi connectivity index (χ1) is 14.6. The summed E-state index contributed by atoms with van der Waals surface area (Å²) in [7, 11) is 1.93. The predicted molar refractivity (Wildman–Crippen MR) is 125 cm³/mol. The number of allylic oxidation sites excluding steroid dienone is 1. The Bertz CT molecular complexity index is 1150. The van der Waals surface area contributed by atoms with Crippen LogP contribution in [0, 0.1) is 5.82 Å². The van der Waals surface area contributed by atoms with Crippen LogP contribution in [0.25, 0.3) is 11.6 Å². The largest absolute Gasteiger partial charge is 0.365 e. The molecule has 0 aliphatic carbocycles. The number of anilines is 1. The molecule has 2 aliphatic rings. The van der Waals surface area contributed by atoms with Crippen LogP contribution in [0.2, 0.25) is 5.02 Å². The van der Waals surface area contributed by atoms with E-state index in [4.69, 9.17) is 11.6 Å². The number of imide groups is 1. The number of carbonyl (C=O) groups excluding carboxylic acids is 2. The van der Waals surface area contributed by atoms with E-state index in [-0.39, 0.29) is 27.8 Å². The molecule has 2 aromatic carbocycles. The number of nitrogens with zero attached hydrogens (tertiary/aromatic N) is 2. The molecule has 2 aromatic rings. The van der Waals surface area contributed by atoms with Crippen molar-refractivity contribution in [2.45, 2.75) is 32.9 Å². The van der Waals surface area contributed by atoms with Crippen LogP contribution in [0.1, 0.15) is 37.5 Å². The van der Waals surface area contributed by atoms with E-state index in [0.717, 1.165) is 39.0 Å². The molecule has 31 heavy (non-hydrogen) atoms. The first kappa shape index (κ1) is 21.7. The van der Waals surface area contributed by atoms with Crippen LogP contribution in [-0.4, -0.2) is 28.6 Å². The molecule has 160 valence electrons. The molecule has 0 atom stereocenters. The van der Waals surface area contributed by atoms with Gasteiger partial charge in [-0.15, -0.1) is 0 Å². The second kappa shape index (κ2) is 7.84. The third-order valence-electron chi connectivity index (χ3n) is 5.75. The first-order valence-electron chi connectivity index (χ1n) is 9.84. The highest BCUT2D eigenvalue weighted by Gasteiger charge is 2.35. The maximum Gasteiger partial charge on any atom is 0.293 e. The summed E-state index contributed by atoms with van der Waals surface area (Å²) in [6.07, 6.45) is 3.60. The molecule has 7 heteroatoms. The minimum absolute atomic E-state index is 0.146. The third-order valence-corrected chi connectivity index (χ3v) is 6.91. The zero-order valence-electron chi connectivity index (χ0n) is 17.7. The van der Waals surface area contributed by atoms with Crippen molar-refractivity contribution in [3.8, 4) is 0 Å². The van der Waals surface area contributed by atoms with E-state index in [2.05, 4.69) is 19.9 Å². The maximum absolute atomic E-state index is 15.0. The van der Waals surface area contributed by atoms with Crippen molar-refractivity contribution < 1.29 is 14.0 Å². The van der Waals surface area contributed by atoms with Crippen molar-refractivity contribution in [2.24, 2.45) is 0 Å². The van der Waals surface area contributed by atoms with Crippen molar-refractivity contribution in [1.82, 2.24) is 4.90 Å². The molecule has 0 bridgehead atoms. The number of rotatable bonds is 3. The van der Waals surface area contributed by atoms with E-state index in [0.29, 0.717) is 5.02 Å². The third kappa shape index (κ3) is 4.02. The SMILES string of the molecule is CC1=CC(C)(C)N(C)c2cc(F)c(/C=C3/SC(=O)N(Cc4ccc(Cl)cc4)C3=O)cc21. The van der Waals surface area contributed by atoms with Gasteiger partial charge in [0.1, 0.15) is 5.82 Å². The molecule has 0 aromatic heterocycles. The lowest BCUT2D eigenvalue weighted by atomic mass is 9.88. The van der Waals surface area contributed by atoms with Crippen LogP contribution in [-0.2, 0) is 11.3 Å². The number of carbonyl (C=O) groups is 2. The monoisotopic (exact) mass is 456 g/mol. The number of benzene rings is 2. The predicted octanol–water partition coefficient (Wildman–Crippen LogP) is 6.35. The molecule has 1 saturated heterocycles. The van der Waals surface area contributed by atoms with Gasteiger partial charge in [-0.2, -0.15) is 0 Å². The highest BCUT2D eigenvalue weighted by molar-refractivity contribution is 8.18. The number of fused-ring (bicyclic) bond motifs is 1. The summed E-state index contributed by atoms with van der Waals surface area (Å²) < 4.78 is 15.0. The van der Waals surface area contributed by atoms with Gasteiger partial charge in [-0.05, 0) is 74.0 Å². The van der Waals surface area contributed by atoms with Gasteiger partial charge in [0.2, 0.25) is 0 Å². The second-order valence-corrected chi connectivity index (χ2v) is 9.75. The van der Waals surface area contributed by atoms with Gasteiger partial charge in [-0.3, -0.25) is 14.5 Å². The molecule has 0 spiro atoms. The van der Waals surface area contributed by atoms with Crippen LogP contribution in [0.3, 0.4) is 0 Å². The Balaban J connectivity index is 1.65. The van der Waals surface area contributed by atoms with Crippen LogP contribution in [0.5, 0.6) is 0 Å². The van der Waals surface area contributed by atoms with E-state index in [1.54, 1.807) is 30.3 Å². The Hall–Kier alpha value is -2.57. The van der Waals surface area contributed by atoms with Crippen LogP contribution in [0.15, 0.2) is 47.4 Å². The Morgan fingerprint density at radius 1 is 1.16 bits per heavy atom. The van der Waals surface area contributed by atoms with Crippen molar-refractivity contribution >= 4 is 51.8 Å². The lowest BCUT2D eigenvalue weighted by molar-refractivity contribution is -0.123. The number of hydrogen-bond donors (Lipinski definition) is 0. The van der Waals surface area contributed by atoms with Gasteiger partial charge in [0, 0.05) is 28.9 Å². The molecule has 0 radical (unpaired) electrons. The van der Waals surface area contributed by atoms with Gasteiger partial charge < -0.3 is 4.90 Å². The molecule has 0 N–H and O–H groups in total. The minimum atomic E-state index is -0.430. The minimum Gasteiger partial charge on any atom is -0.365 e. The van der Waals surface area contributed by atoms with Gasteiger partial charge in [-0.1, -0.05) is 29.8 Å². The summed E-state index contributed by atoms with van der Waals surface area (Å²) >= 11 is 6.72. The molecule has 0 saturated carbocycles. The summed E-state index contributed by atoms with van der Waals surface area (Å²) in [5.74, 6) is -0.854. The topological polar surface area (TPSA) is 40.6 Å². The van der Waals surface area contributed by atoms with Gasteiger partial charge in [0.25, 0.3) is 11.1 Å². The van der Waals surface area contributed by atoms with Gasteiger partial charge >= 0.3 is 0 Å². The fourth-order valence-electron chi connectivity index (χ4n) is 3.85. The molecule has 2 aliphatic heterocycles. The summed E-state index contributed by atoms with van der Waals surface area (Å²) in [6, 6.07) is 10.2. The average molecular weight is 457 g/mol. The number of thioether (sulfide) groups is 1. The zero-order valence-corrected chi connectivity index (χ0v) is 19.3. The Morgan fingerprint density at radius 3 is 2.52 bits per heavy atom. The molecular weight excluding hydrogens is 435 g/mol. The Kier molecular flexibility index (Phi) is 5.48. The number of halogens is 2. The number of amides is 2. The summed E-state index contributed by atoms with van der Waals surface area (Å²) in [6.45, 7) is 6.28. The van der Waals surface area contributed by atoms with Gasteiger partial charge in [0.05, 0.1) is 17.0 Å². The van der Waals surface area contributed by atoms with Crippen LogP contribution in [0.4, 0.5) is 14.9 Å². The van der Waals surface area contributed by atoms with E-state index >= 15 is 0 Å². The Labute approximate surface area is 190 Å². The average Bonchev–Trinajstić information content (AvgIpc) is 2.96. The zero-order chi connectivity index (χ0) is 22.5. The standard InChI is InChI=1S/C24H22ClFN2O2S/c1-14-12-24(2,3)27(4)20-11-19(26)16(9-18(14)20)10-21-22(29)28(23(30)31-21)13-15-5-7-17(25)8-6-15/h5-12H,13H2,1-4H3/b21-10+. The molecule has 4 rings (SSSR count). The molecule has 4 nitrogen and oxygen atoms in total. The van der Waals surface area contributed by atoms with Crippen molar-refractivity contribution in [3.63, 3.8) is 0 Å². The fraction of sp³-hybridized carbons (Fsp3) is 0.250. The van der Waals surface area contributed by atoms with E-state index in [1.807, 2.05) is 18.9 Å². The van der Waals surface area contributed by atoms with Crippen LogP contribution < -0.4 is 4.90 Å². The van der Waals surface area contributed by atoms with E-state index < -0.39 is 11.7 Å². The molecule has 1 fully saturated rings. The van der Waals surface area contributed by atoms with E-state index in [1.165, 1.54) is 12.1 Å². The number of hydrogen-bond acceptors (Lipinski definition) is 4. The Morgan fingerprint density at radius 2 is 1.84 bits per heavy atom. The molecule has 2 heterocycles. The maximum atomic E-state index is 15.0. The summed E-state index contributed by atoms with van der Waals surface area (Å²) in [4.78, 5) is 28.7.